The Labute approximate surface area is 114 Å². The van der Waals surface area contributed by atoms with Gasteiger partial charge in [-0.15, -0.1) is 0 Å². The fourth-order valence-corrected chi connectivity index (χ4v) is 3.21. The molecule has 1 aromatic carbocycles. The SMILES string of the molecule is C[C@H]1C[C@H](OC(=O)c2ccccc2O)CC(C)(C)C1. The minimum Gasteiger partial charge on any atom is -0.507 e. The molecular formula is C16H22O3. The molecular weight excluding hydrogens is 240 g/mol. The van der Waals surface area contributed by atoms with Crippen LogP contribution in [0.15, 0.2) is 24.3 Å². The van der Waals surface area contributed by atoms with E-state index in [0.717, 1.165) is 19.3 Å². The Balaban J connectivity index is 2.05. The lowest BCUT2D eigenvalue weighted by atomic mass is 9.71. The van der Waals surface area contributed by atoms with Crippen LogP contribution in [0.2, 0.25) is 0 Å². The quantitative estimate of drug-likeness (QED) is 0.825. The van der Waals surface area contributed by atoms with E-state index in [1.807, 2.05) is 0 Å². The Morgan fingerprint density at radius 2 is 2.00 bits per heavy atom. The molecule has 0 aromatic heterocycles. The summed E-state index contributed by atoms with van der Waals surface area (Å²) in [5, 5.41) is 9.66. The van der Waals surface area contributed by atoms with Gasteiger partial charge in [-0.1, -0.05) is 32.9 Å². The van der Waals surface area contributed by atoms with Crippen LogP contribution in [0, 0.1) is 11.3 Å². The molecule has 1 aliphatic carbocycles. The van der Waals surface area contributed by atoms with Gasteiger partial charge in [0.05, 0.1) is 0 Å². The number of carbonyl (C=O) groups excluding carboxylic acids is 1. The molecule has 2 rings (SSSR count). The number of aromatic hydroxyl groups is 1. The molecule has 3 heteroatoms. The summed E-state index contributed by atoms with van der Waals surface area (Å²) in [4.78, 5) is 12.1. The highest BCUT2D eigenvalue weighted by atomic mass is 16.5. The third-order valence-corrected chi connectivity index (χ3v) is 3.74. The maximum absolute atomic E-state index is 12.1. The average Bonchev–Trinajstić information content (AvgIpc) is 2.26. The van der Waals surface area contributed by atoms with Crippen molar-refractivity contribution in [3.63, 3.8) is 0 Å². The van der Waals surface area contributed by atoms with Crippen LogP contribution in [-0.4, -0.2) is 17.2 Å². The zero-order valence-electron chi connectivity index (χ0n) is 11.8. The molecule has 1 fully saturated rings. The number of esters is 1. The number of carbonyl (C=O) groups is 1. The first-order chi connectivity index (χ1) is 8.87. The normalized spacial score (nSPS) is 25.8. The second kappa shape index (κ2) is 5.24. The molecule has 0 heterocycles. The van der Waals surface area contributed by atoms with Crippen molar-refractivity contribution < 1.29 is 14.6 Å². The van der Waals surface area contributed by atoms with E-state index in [-0.39, 0.29) is 22.8 Å². The van der Waals surface area contributed by atoms with Crippen LogP contribution in [0.1, 0.15) is 50.4 Å². The third-order valence-electron chi connectivity index (χ3n) is 3.74. The standard InChI is InChI=1S/C16H22O3/c1-11-8-12(10-16(2,3)9-11)19-15(18)13-6-4-5-7-14(13)17/h4-7,11-12,17H,8-10H2,1-3H3/t11-,12-/m0/s1. The van der Waals surface area contributed by atoms with E-state index in [1.165, 1.54) is 6.07 Å². The number of phenols is 1. The molecule has 19 heavy (non-hydrogen) atoms. The Hall–Kier alpha value is -1.51. The molecule has 1 N–H and O–H groups in total. The van der Waals surface area contributed by atoms with E-state index >= 15 is 0 Å². The largest absolute Gasteiger partial charge is 0.507 e. The van der Waals surface area contributed by atoms with E-state index in [4.69, 9.17) is 4.74 Å². The minimum atomic E-state index is -0.423. The molecule has 0 aliphatic heterocycles. The molecule has 0 radical (unpaired) electrons. The van der Waals surface area contributed by atoms with Crippen molar-refractivity contribution >= 4 is 5.97 Å². The highest BCUT2D eigenvalue weighted by molar-refractivity contribution is 5.92. The summed E-state index contributed by atoms with van der Waals surface area (Å²) >= 11 is 0. The van der Waals surface area contributed by atoms with Gasteiger partial charge in [0.15, 0.2) is 0 Å². The van der Waals surface area contributed by atoms with Gasteiger partial charge in [-0.3, -0.25) is 0 Å². The Morgan fingerprint density at radius 1 is 1.32 bits per heavy atom. The van der Waals surface area contributed by atoms with E-state index < -0.39 is 5.97 Å². The van der Waals surface area contributed by atoms with Gasteiger partial charge in [-0.05, 0) is 42.7 Å². The third kappa shape index (κ3) is 3.49. The number of benzene rings is 1. The number of ether oxygens (including phenoxy) is 1. The molecule has 1 aromatic rings. The predicted octanol–water partition coefficient (Wildman–Crippen LogP) is 3.76. The maximum atomic E-state index is 12.1. The van der Waals surface area contributed by atoms with Gasteiger partial charge in [-0.25, -0.2) is 4.79 Å². The highest BCUT2D eigenvalue weighted by Crippen LogP contribution is 2.40. The first-order valence-electron chi connectivity index (χ1n) is 6.86. The fraction of sp³-hybridized carbons (Fsp3) is 0.562. The molecule has 0 bridgehead atoms. The van der Waals surface area contributed by atoms with Gasteiger partial charge in [0, 0.05) is 0 Å². The number of hydrogen-bond acceptors (Lipinski definition) is 3. The predicted molar refractivity (Wildman–Crippen MR) is 74.1 cm³/mol. The summed E-state index contributed by atoms with van der Waals surface area (Å²) in [6.45, 7) is 6.62. The topological polar surface area (TPSA) is 46.5 Å². The smallest absolute Gasteiger partial charge is 0.342 e. The second-order valence-electron chi connectivity index (χ2n) is 6.46. The minimum absolute atomic E-state index is 0.0179. The van der Waals surface area contributed by atoms with E-state index in [2.05, 4.69) is 20.8 Å². The van der Waals surface area contributed by atoms with Gasteiger partial charge < -0.3 is 9.84 Å². The Kier molecular flexibility index (Phi) is 3.83. The first-order valence-corrected chi connectivity index (χ1v) is 6.86. The van der Waals surface area contributed by atoms with Crippen LogP contribution >= 0.6 is 0 Å². The number of phenolic OH excluding ortho intramolecular Hbond substituents is 1. The fourth-order valence-electron chi connectivity index (χ4n) is 3.21. The van der Waals surface area contributed by atoms with Gasteiger partial charge in [0.2, 0.25) is 0 Å². The van der Waals surface area contributed by atoms with Crippen molar-refractivity contribution in [2.45, 2.75) is 46.1 Å². The lowest BCUT2D eigenvalue weighted by Crippen LogP contribution is -2.34. The number of para-hydroxylation sites is 1. The zero-order valence-corrected chi connectivity index (χ0v) is 11.8. The molecule has 1 aliphatic rings. The molecule has 104 valence electrons. The van der Waals surface area contributed by atoms with E-state index in [1.54, 1.807) is 18.2 Å². The zero-order chi connectivity index (χ0) is 14.0. The summed E-state index contributed by atoms with van der Waals surface area (Å²) < 4.78 is 5.57. The lowest BCUT2D eigenvalue weighted by Gasteiger charge is -2.38. The average molecular weight is 262 g/mol. The Morgan fingerprint density at radius 3 is 2.63 bits per heavy atom. The molecule has 2 atom stereocenters. The number of hydrogen-bond donors (Lipinski definition) is 1. The molecule has 0 amide bonds. The van der Waals surface area contributed by atoms with E-state index in [0.29, 0.717) is 5.92 Å². The highest BCUT2D eigenvalue weighted by Gasteiger charge is 2.34. The van der Waals surface area contributed by atoms with Crippen molar-refractivity contribution in [3.8, 4) is 5.75 Å². The van der Waals surface area contributed by atoms with Crippen LogP contribution in [0.25, 0.3) is 0 Å². The van der Waals surface area contributed by atoms with Crippen molar-refractivity contribution in [2.24, 2.45) is 11.3 Å². The monoisotopic (exact) mass is 262 g/mol. The van der Waals surface area contributed by atoms with Crippen LogP contribution in [0.3, 0.4) is 0 Å². The summed E-state index contributed by atoms with van der Waals surface area (Å²) in [5.41, 5.74) is 0.458. The number of rotatable bonds is 2. The molecule has 0 unspecified atom stereocenters. The van der Waals surface area contributed by atoms with Crippen molar-refractivity contribution in [2.75, 3.05) is 0 Å². The molecule has 1 saturated carbocycles. The molecule has 3 nitrogen and oxygen atoms in total. The molecule has 0 spiro atoms. The maximum Gasteiger partial charge on any atom is 0.342 e. The Bertz CT molecular complexity index is 465. The summed E-state index contributed by atoms with van der Waals surface area (Å²) in [6.07, 6.45) is 2.91. The molecule has 0 saturated heterocycles. The first kappa shape index (κ1) is 13.9. The summed E-state index contributed by atoms with van der Waals surface area (Å²) in [7, 11) is 0. The van der Waals surface area contributed by atoms with Crippen LogP contribution < -0.4 is 0 Å². The van der Waals surface area contributed by atoms with Gasteiger partial charge in [0.1, 0.15) is 17.4 Å². The van der Waals surface area contributed by atoms with Crippen molar-refractivity contribution in [1.29, 1.82) is 0 Å². The van der Waals surface area contributed by atoms with Crippen LogP contribution in [0.5, 0.6) is 5.75 Å². The van der Waals surface area contributed by atoms with E-state index in [9.17, 15) is 9.90 Å². The van der Waals surface area contributed by atoms with Crippen LogP contribution in [-0.2, 0) is 4.74 Å². The van der Waals surface area contributed by atoms with Gasteiger partial charge in [0.25, 0.3) is 0 Å². The van der Waals surface area contributed by atoms with Gasteiger partial charge in [-0.2, -0.15) is 0 Å². The summed E-state index contributed by atoms with van der Waals surface area (Å²) in [6, 6.07) is 6.51. The van der Waals surface area contributed by atoms with Crippen molar-refractivity contribution in [1.82, 2.24) is 0 Å². The lowest BCUT2D eigenvalue weighted by molar-refractivity contribution is -0.00734. The second-order valence-corrected chi connectivity index (χ2v) is 6.46. The van der Waals surface area contributed by atoms with Crippen LogP contribution in [0.4, 0.5) is 0 Å². The van der Waals surface area contributed by atoms with Gasteiger partial charge >= 0.3 is 5.97 Å². The summed E-state index contributed by atoms with van der Waals surface area (Å²) in [5.74, 6) is 0.120. The van der Waals surface area contributed by atoms with Crippen molar-refractivity contribution in [3.05, 3.63) is 29.8 Å².